The van der Waals surface area contributed by atoms with Crippen molar-refractivity contribution in [1.82, 2.24) is 9.97 Å². The fourth-order valence-corrected chi connectivity index (χ4v) is 3.93. The first kappa shape index (κ1) is 19.3. The number of thiazole rings is 1. The SMILES string of the molecule is CC=C(N)c1sc(C(=C(C)N)c2ccccn2)nc1-c1cccc(C(=O)O)c1. The van der Waals surface area contributed by atoms with Gasteiger partial charge in [-0.1, -0.05) is 24.3 Å². The lowest BCUT2D eigenvalue weighted by atomic mass is 10.1. The van der Waals surface area contributed by atoms with Gasteiger partial charge >= 0.3 is 5.97 Å². The zero-order chi connectivity index (χ0) is 20.3. The van der Waals surface area contributed by atoms with Crippen molar-refractivity contribution in [1.29, 1.82) is 0 Å². The molecule has 0 bridgehead atoms. The maximum absolute atomic E-state index is 11.4. The van der Waals surface area contributed by atoms with E-state index in [2.05, 4.69) is 4.98 Å². The second-order valence-electron chi connectivity index (χ2n) is 6.10. The lowest BCUT2D eigenvalue weighted by Gasteiger charge is -2.05. The van der Waals surface area contributed by atoms with E-state index in [1.165, 1.54) is 11.3 Å². The molecule has 2 aromatic heterocycles. The van der Waals surface area contributed by atoms with E-state index in [4.69, 9.17) is 16.5 Å². The first-order valence-corrected chi connectivity index (χ1v) is 9.38. The summed E-state index contributed by atoms with van der Waals surface area (Å²) in [6.07, 6.45) is 3.49. The second kappa shape index (κ2) is 8.06. The zero-order valence-electron chi connectivity index (χ0n) is 15.5. The molecule has 0 aliphatic rings. The molecule has 0 spiro atoms. The molecule has 5 N–H and O–H groups in total. The largest absolute Gasteiger partial charge is 0.478 e. The number of hydrogen-bond acceptors (Lipinski definition) is 6. The van der Waals surface area contributed by atoms with Crippen molar-refractivity contribution >= 4 is 28.6 Å². The van der Waals surface area contributed by atoms with E-state index in [-0.39, 0.29) is 5.56 Å². The molecule has 2 heterocycles. The molecule has 142 valence electrons. The van der Waals surface area contributed by atoms with Gasteiger partial charge in [-0.3, -0.25) is 4.98 Å². The average Bonchev–Trinajstić information content (AvgIpc) is 3.13. The van der Waals surface area contributed by atoms with Gasteiger partial charge in [-0.15, -0.1) is 11.3 Å². The number of carbonyl (C=O) groups is 1. The number of rotatable bonds is 5. The highest BCUT2D eigenvalue weighted by molar-refractivity contribution is 7.14. The van der Waals surface area contributed by atoms with Gasteiger partial charge in [0.2, 0.25) is 0 Å². The lowest BCUT2D eigenvalue weighted by molar-refractivity contribution is 0.0697. The number of nitrogens with two attached hydrogens (primary N) is 2. The van der Waals surface area contributed by atoms with Crippen molar-refractivity contribution in [3.8, 4) is 11.3 Å². The molecule has 0 unspecified atom stereocenters. The third kappa shape index (κ3) is 3.79. The average molecular weight is 392 g/mol. The smallest absolute Gasteiger partial charge is 0.335 e. The van der Waals surface area contributed by atoms with E-state index in [9.17, 15) is 9.90 Å². The molecule has 0 saturated heterocycles. The van der Waals surface area contributed by atoms with E-state index >= 15 is 0 Å². The molecule has 0 atom stereocenters. The maximum Gasteiger partial charge on any atom is 0.335 e. The van der Waals surface area contributed by atoms with Crippen molar-refractivity contribution in [3.05, 3.63) is 81.6 Å². The van der Waals surface area contributed by atoms with Crippen LogP contribution in [-0.2, 0) is 0 Å². The molecular formula is C21H20N4O2S. The van der Waals surface area contributed by atoms with Crippen LogP contribution in [0, 0.1) is 0 Å². The fourth-order valence-electron chi connectivity index (χ4n) is 2.74. The Balaban J connectivity index is 2.23. The van der Waals surface area contributed by atoms with Gasteiger partial charge in [0, 0.05) is 23.2 Å². The van der Waals surface area contributed by atoms with Gasteiger partial charge in [0.15, 0.2) is 0 Å². The van der Waals surface area contributed by atoms with Crippen LogP contribution < -0.4 is 11.5 Å². The summed E-state index contributed by atoms with van der Waals surface area (Å²) < 4.78 is 0. The topological polar surface area (TPSA) is 115 Å². The molecule has 1 aromatic carbocycles. The predicted octanol–water partition coefficient (Wildman–Crippen LogP) is 3.96. The van der Waals surface area contributed by atoms with E-state index in [0.29, 0.717) is 33.4 Å². The molecule has 0 amide bonds. The van der Waals surface area contributed by atoms with Gasteiger partial charge in [-0.25, -0.2) is 9.78 Å². The van der Waals surface area contributed by atoms with Crippen LogP contribution in [0.1, 0.15) is 39.8 Å². The molecule has 3 rings (SSSR count). The number of benzene rings is 1. The minimum absolute atomic E-state index is 0.188. The van der Waals surface area contributed by atoms with Crippen LogP contribution >= 0.6 is 11.3 Å². The zero-order valence-corrected chi connectivity index (χ0v) is 16.3. The van der Waals surface area contributed by atoms with Crippen molar-refractivity contribution in [2.45, 2.75) is 13.8 Å². The summed E-state index contributed by atoms with van der Waals surface area (Å²) in [7, 11) is 0. The van der Waals surface area contributed by atoms with Crippen LogP contribution in [0.4, 0.5) is 0 Å². The quantitative estimate of drug-likeness (QED) is 0.605. The first-order chi connectivity index (χ1) is 13.4. The number of aromatic nitrogens is 2. The Morgan fingerprint density at radius 2 is 1.96 bits per heavy atom. The molecular weight excluding hydrogens is 372 g/mol. The van der Waals surface area contributed by atoms with E-state index in [1.54, 1.807) is 37.4 Å². The highest BCUT2D eigenvalue weighted by Crippen LogP contribution is 2.37. The highest BCUT2D eigenvalue weighted by atomic mass is 32.1. The summed E-state index contributed by atoms with van der Waals surface area (Å²) in [5.74, 6) is -0.996. The normalized spacial score (nSPS) is 12.6. The third-order valence-corrected chi connectivity index (χ3v) is 5.23. The fraction of sp³-hybridized carbons (Fsp3) is 0.0952. The molecule has 3 aromatic rings. The summed E-state index contributed by atoms with van der Waals surface area (Å²) in [6, 6.07) is 12.2. The van der Waals surface area contributed by atoms with Crippen LogP contribution in [0.3, 0.4) is 0 Å². The third-order valence-electron chi connectivity index (χ3n) is 4.11. The number of carboxylic acids is 1. The van der Waals surface area contributed by atoms with E-state index < -0.39 is 5.97 Å². The molecule has 6 nitrogen and oxygen atoms in total. The number of carboxylic acid groups (broad SMARTS) is 1. The van der Waals surface area contributed by atoms with Crippen molar-refractivity contribution in [3.63, 3.8) is 0 Å². The van der Waals surface area contributed by atoms with Gasteiger partial charge in [0.05, 0.1) is 27.4 Å². The van der Waals surface area contributed by atoms with E-state index in [0.717, 1.165) is 10.5 Å². The van der Waals surface area contributed by atoms with Crippen LogP contribution in [0.2, 0.25) is 0 Å². The van der Waals surface area contributed by atoms with Crippen molar-refractivity contribution < 1.29 is 9.90 Å². The summed E-state index contributed by atoms with van der Waals surface area (Å²) in [5, 5.41) is 9.98. The van der Waals surface area contributed by atoms with Crippen LogP contribution in [-0.4, -0.2) is 21.0 Å². The minimum atomic E-state index is -0.996. The Labute approximate surface area is 166 Å². The Hall–Kier alpha value is -3.45. The van der Waals surface area contributed by atoms with Gasteiger partial charge in [0.25, 0.3) is 0 Å². The van der Waals surface area contributed by atoms with Crippen LogP contribution in [0.15, 0.2) is 60.4 Å². The second-order valence-corrected chi connectivity index (χ2v) is 7.10. The highest BCUT2D eigenvalue weighted by Gasteiger charge is 2.20. The predicted molar refractivity (Wildman–Crippen MR) is 112 cm³/mol. The molecule has 28 heavy (non-hydrogen) atoms. The minimum Gasteiger partial charge on any atom is -0.478 e. The number of allylic oxidation sites excluding steroid dienone is 2. The van der Waals surface area contributed by atoms with Gasteiger partial charge in [-0.05, 0) is 38.1 Å². The Morgan fingerprint density at radius 3 is 2.57 bits per heavy atom. The van der Waals surface area contributed by atoms with Crippen molar-refractivity contribution in [2.24, 2.45) is 11.5 Å². The lowest BCUT2D eigenvalue weighted by Crippen LogP contribution is -2.01. The molecule has 0 radical (unpaired) electrons. The number of pyridine rings is 1. The summed E-state index contributed by atoms with van der Waals surface area (Å²) in [6.45, 7) is 3.64. The standard InChI is InChI=1S/C21H20N4O2S/c1-3-15(23)19-18(13-7-6-8-14(11-13)21(26)27)25-20(28-19)17(12(2)22)16-9-4-5-10-24-16/h3-11H,22-23H2,1-2H3,(H,26,27). The molecule has 0 aliphatic carbocycles. The molecule has 0 saturated carbocycles. The Kier molecular flexibility index (Phi) is 5.56. The summed E-state index contributed by atoms with van der Waals surface area (Å²) >= 11 is 1.40. The van der Waals surface area contributed by atoms with E-state index in [1.807, 2.05) is 31.2 Å². The number of hydrogen-bond donors (Lipinski definition) is 3. The van der Waals surface area contributed by atoms with Gasteiger partial charge in [-0.2, -0.15) is 0 Å². The Bertz CT molecular complexity index is 1080. The van der Waals surface area contributed by atoms with Crippen LogP contribution in [0.5, 0.6) is 0 Å². The maximum atomic E-state index is 11.4. The molecule has 0 fully saturated rings. The number of nitrogens with zero attached hydrogens (tertiary/aromatic N) is 2. The van der Waals surface area contributed by atoms with Gasteiger partial charge < -0.3 is 16.6 Å². The molecule has 0 aliphatic heterocycles. The van der Waals surface area contributed by atoms with Crippen molar-refractivity contribution in [2.75, 3.05) is 0 Å². The first-order valence-electron chi connectivity index (χ1n) is 8.57. The summed E-state index contributed by atoms with van der Waals surface area (Å²) in [5.41, 5.74) is 16.4. The summed E-state index contributed by atoms with van der Waals surface area (Å²) in [4.78, 5) is 21.3. The Morgan fingerprint density at radius 1 is 1.18 bits per heavy atom. The van der Waals surface area contributed by atoms with Crippen LogP contribution in [0.25, 0.3) is 22.5 Å². The van der Waals surface area contributed by atoms with Gasteiger partial charge in [0.1, 0.15) is 5.01 Å². The monoisotopic (exact) mass is 392 g/mol. The number of aromatic carboxylic acids is 1. The molecule has 7 heteroatoms.